The molecule has 6 heteroatoms. The Hall–Kier alpha value is -3.93. The first kappa shape index (κ1) is 67.1. The van der Waals surface area contributed by atoms with Crippen molar-refractivity contribution in [3.05, 3.63) is 109 Å². The molecular weight excluding hydrogens is 877 g/mol. The van der Waals surface area contributed by atoms with Crippen LogP contribution in [0, 0.1) is 0 Å². The molecule has 0 aliphatic carbocycles. The summed E-state index contributed by atoms with van der Waals surface area (Å²) in [6, 6.07) is 0. The van der Waals surface area contributed by atoms with Crippen LogP contribution in [0.3, 0.4) is 0 Å². The van der Waals surface area contributed by atoms with Gasteiger partial charge in [0.1, 0.15) is 13.2 Å². The van der Waals surface area contributed by atoms with E-state index in [0.29, 0.717) is 19.3 Å². The maximum atomic E-state index is 12.7. The third-order valence-corrected chi connectivity index (χ3v) is 12.3. The van der Waals surface area contributed by atoms with Gasteiger partial charge < -0.3 is 14.2 Å². The van der Waals surface area contributed by atoms with Crippen LogP contribution in [0.5, 0.6) is 0 Å². The molecule has 0 radical (unpaired) electrons. The lowest BCUT2D eigenvalue weighted by molar-refractivity contribution is -0.167. The second kappa shape index (κ2) is 58.6. The van der Waals surface area contributed by atoms with E-state index >= 15 is 0 Å². The highest BCUT2D eigenvalue weighted by Gasteiger charge is 2.19. The summed E-state index contributed by atoms with van der Waals surface area (Å²) in [6.45, 7) is 6.43. The van der Waals surface area contributed by atoms with E-state index in [-0.39, 0.29) is 31.1 Å². The first-order chi connectivity index (χ1) is 35.0. The number of hydrogen-bond acceptors (Lipinski definition) is 6. The third-order valence-electron chi connectivity index (χ3n) is 12.3. The lowest BCUT2D eigenvalue weighted by Crippen LogP contribution is -2.30. The van der Waals surface area contributed by atoms with Gasteiger partial charge in [-0.1, -0.05) is 252 Å². The molecule has 0 aromatic heterocycles. The zero-order valence-corrected chi connectivity index (χ0v) is 46.2. The average Bonchev–Trinajstić information content (AvgIpc) is 3.37. The number of carbonyl (C=O) groups is 3. The minimum atomic E-state index is -0.779. The molecule has 1 unspecified atom stereocenters. The molecule has 71 heavy (non-hydrogen) atoms. The van der Waals surface area contributed by atoms with Crippen LogP contribution < -0.4 is 0 Å². The minimum absolute atomic E-state index is 0.0810. The molecule has 0 amide bonds. The molecule has 0 fully saturated rings. The molecule has 0 rings (SSSR count). The number of rotatable bonds is 52. The minimum Gasteiger partial charge on any atom is -0.462 e. The highest BCUT2D eigenvalue weighted by molar-refractivity contribution is 5.71. The van der Waals surface area contributed by atoms with Crippen LogP contribution >= 0.6 is 0 Å². The van der Waals surface area contributed by atoms with Crippen molar-refractivity contribution >= 4 is 17.9 Å². The van der Waals surface area contributed by atoms with Crippen LogP contribution in [0.15, 0.2) is 109 Å². The summed E-state index contributed by atoms with van der Waals surface area (Å²) in [5.41, 5.74) is 0. The fraction of sp³-hybridized carbons (Fsp3) is 0.677. The van der Waals surface area contributed by atoms with E-state index in [2.05, 4.69) is 130 Å². The molecule has 6 nitrogen and oxygen atoms in total. The summed E-state index contributed by atoms with van der Waals surface area (Å²) in [4.78, 5) is 37.8. The predicted molar refractivity (Wildman–Crippen MR) is 307 cm³/mol. The molecule has 1 atom stereocenters. The van der Waals surface area contributed by atoms with Crippen molar-refractivity contribution in [3.8, 4) is 0 Å². The molecule has 0 aliphatic heterocycles. The van der Waals surface area contributed by atoms with E-state index < -0.39 is 6.10 Å². The van der Waals surface area contributed by atoms with Crippen LogP contribution in [0.1, 0.15) is 265 Å². The SMILES string of the molecule is CC/C=C\C/C=C\C/C=C\C/C=C\C/C=C\C/C=C\C/C=C\C/C=C\CCCCCCCCCCCCC(=O)OCC(COC(=O)CCCCCCCCC)OC(=O)CCCCCCC/C=C\CCCC. The molecule has 0 saturated carbocycles. The Bertz CT molecular complexity index is 1460. The van der Waals surface area contributed by atoms with Crippen molar-refractivity contribution in [2.75, 3.05) is 13.2 Å². The molecule has 0 N–H and O–H groups in total. The van der Waals surface area contributed by atoms with E-state index in [1.807, 2.05) is 0 Å². The van der Waals surface area contributed by atoms with Crippen LogP contribution in [0.4, 0.5) is 0 Å². The van der Waals surface area contributed by atoms with Gasteiger partial charge in [-0.05, 0) is 103 Å². The summed E-state index contributed by atoms with van der Waals surface area (Å²) >= 11 is 0. The normalized spacial score (nSPS) is 12.9. The fourth-order valence-electron chi connectivity index (χ4n) is 7.85. The topological polar surface area (TPSA) is 78.9 Å². The Balaban J connectivity index is 4.04. The lowest BCUT2D eigenvalue weighted by atomic mass is 10.1. The summed E-state index contributed by atoms with van der Waals surface area (Å²) in [7, 11) is 0. The molecule has 0 heterocycles. The van der Waals surface area contributed by atoms with Gasteiger partial charge in [-0.25, -0.2) is 0 Å². The zero-order valence-electron chi connectivity index (χ0n) is 46.2. The maximum Gasteiger partial charge on any atom is 0.306 e. The third kappa shape index (κ3) is 56.9. The van der Waals surface area contributed by atoms with Gasteiger partial charge in [0.05, 0.1) is 0 Å². The predicted octanol–water partition coefficient (Wildman–Crippen LogP) is 19.9. The van der Waals surface area contributed by atoms with Crippen molar-refractivity contribution < 1.29 is 28.6 Å². The first-order valence-corrected chi connectivity index (χ1v) is 29.4. The second-order valence-electron chi connectivity index (χ2n) is 19.2. The summed E-state index contributed by atoms with van der Waals surface area (Å²) in [6.07, 6.45) is 79.8. The molecule has 0 bridgehead atoms. The van der Waals surface area contributed by atoms with E-state index in [1.165, 1.54) is 103 Å². The molecule has 0 aliphatic rings. The molecular formula is C65H108O6. The molecule has 404 valence electrons. The summed E-state index contributed by atoms with van der Waals surface area (Å²) in [5.74, 6) is -0.903. The van der Waals surface area contributed by atoms with Gasteiger partial charge in [0, 0.05) is 19.3 Å². The van der Waals surface area contributed by atoms with Crippen molar-refractivity contribution in [1.82, 2.24) is 0 Å². The van der Waals surface area contributed by atoms with Gasteiger partial charge >= 0.3 is 17.9 Å². The van der Waals surface area contributed by atoms with Gasteiger partial charge in [-0.3, -0.25) is 14.4 Å². The maximum absolute atomic E-state index is 12.7. The van der Waals surface area contributed by atoms with E-state index in [0.717, 1.165) is 122 Å². The van der Waals surface area contributed by atoms with E-state index in [9.17, 15) is 14.4 Å². The van der Waals surface area contributed by atoms with Crippen LogP contribution in [0.2, 0.25) is 0 Å². The summed E-state index contributed by atoms with van der Waals surface area (Å²) < 4.78 is 16.7. The monoisotopic (exact) mass is 985 g/mol. The van der Waals surface area contributed by atoms with Crippen LogP contribution in [-0.4, -0.2) is 37.2 Å². The number of hydrogen-bond donors (Lipinski definition) is 0. The highest BCUT2D eigenvalue weighted by Crippen LogP contribution is 2.15. The van der Waals surface area contributed by atoms with Gasteiger partial charge in [0.15, 0.2) is 6.10 Å². The lowest BCUT2D eigenvalue weighted by Gasteiger charge is -2.18. The van der Waals surface area contributed by atoms with Gasteiger partial charge in [-0.15, -0.1) is 0 Å². The Morgan fingerprint density at radius 1 is 0.296 bits per heavy atom. The van der Waals surface area contributed by atoms with Crippen LogP contribution in [-0.2, 0) is 28.6 Å². The second-order valence-corrected chi connectivity index (χ2v) is 19.2. The van der Waals surface area contributed by atoms with Gasteiger partial charge in [0.2, 0.25) is 0 Å². The zero-order chi connectivity index (χ0) is 51.4. The van der Waals surface area contributed by atoms with Gasteiger partial charge in [-0.2, -0.15) is 0 Å². The number of unbranched alkanes of at least 4 members (excludes halogenated alkanes) is 23. The Kier molecular flexibility index (Phi) is 55.4. The molecule has 0 spiro atoms. The quantitative estimate of drug-likeness (QED) is 0.0261. The van der Waals surface area contributed by atoms with Crippen molar-refractivity contribution in [3.63, 3.8) is 0 Å². The number of carbonyl (C=O) groups excluding carboxylic acids is 3. The van der Waals surface area contributed by atoms with Crippen LogP contribution in [0.25, 0.3) is 0 Å². The van der Waals surface area contributed by atoms with Gasteiger partial charge in [0.25, 0.3) is 0 Å². The first-order valence-electron chi connectivity index (χ1n) is 29.4. The average molecular weight is 986 g/mol. The number of allylic oxidation sites excluding steroid dienone is 18. The van der Waals surface area contributed by atoms with Crippen molar-refractivity contribution in [1.29, 1.82) is 0 Å². The van der Waals surface area contributed by atoms with Crippen molar-refractivity contribution in [2.24, 2.45) is 0 Å². The molecule has 0 aromatic rings. The Morgan fingerprint density at radius 2 is 0.563 bits per heavy atom. The molecule has 0 aromatic carbocycles. The van der Waals surface area contributed by atoms with E-state index in [1.54, 1.807) is 0 Å². The Labute approximate surface area is 438 Å². The standard InChI is InChI=1S/C65H108O6/c1-4-7-10-13-16-18-20-21-22-23-24-25-26-27-28-29-30-31-32-33-34-35-36-37-38-39-40-41-42-43-45-46-49-52-55-58-64(67)70-61-62(60-69-63(66)57-54-51-48-15-12-9-6-3)71-65(68)59-56-53-50-47-44-19-17-14-11-8-5-2/h7,10,14,16-18,21-22,24-25,27-28,30-31,33-34,36-37,62H,4-6,8-9,11-13,15,19-20,23,26,29,32,35,38-61H2,1-3H3/b10-7-,17-14-,18-16-,22-21-,25-24-,28-27-,31-30-,34-33-,37-36-. The number of ether oxygens (including phenoxy) is 3. The fourth-order valence-corrected chi connectivity index (χ4v) is 7.85. The summed E-state index contributed by atoms with van der Waals surface area (Å²) in [5, 5.41) is 0. The molecule has 0 saturated heterocycles. The number of esters is 3. The largest absolute Gasteiger partial charge is 0.462 e. The highest BCUT2D eigenvalue weighted by atomic mass is 16.6. The van der Waals surface area contributed by atoms with E-state index in [4.69, 9.17) is 14.2 Å². The van der Waals surface area contributed by atoms with Crippen molar-refractivity contribution in [2.45, 2.75) is 271 Å². The Morgan fingerprint density at radius 3 is 0.915 bits per heavy atom. The smallest absolute Gasteiger partial charge is 0.306 e.